The zero-order valence-electron chi connectivity index (χ0n) is 10.2. The van der Waals surface area contributed by atoms with Crippen LogP contribution >= 0.6 is 0 Å². The standard InChI is InChI=1S/C14H17NO2/c1-4-12(5-2)15-10(3)11-6-7-13-14(8-11)17-9-16-13/h1,6-8,10,12,15H,5,9H2,2-3H3. The summed E-state index contributed by atoms with van der Waals surface area (Å²) in [7, 11) is 0. The molecule has 3 nitrogen and oxygen atoms in total. The summed E-state index contributed by atoms with van der Waals surface area (Å²) in [6.45, 7) is 4.48. The van der Waals surface area contributed by atoms with Crippen LogP contribution in [0.15, 0.2) is 18.2 Å². The van der Waals surface area contributed by atoms with Crippen molar-refractivity contribution in [1.82, 2.24) is 5.32 Å². The first kappa shape index (κ1) is 11.8. The minimum absolute atomic E-state index is 0.107. The molecule has 2 rings (SSSR count). The van der Waals surface area contributed by atoms with E-state index in [1.807, 2.05) is 18.2 Å². The molecular weight excluding hydrogens is 214 g/mol. The Bertz CT molecular complexity index is 436. The van der Waals surface area contributed by atoms with E-state index in [9.17, 15) is 0 Å². The highest BCUT2D eigenvalue weighted by Crippen LogP contribution is 2.34. The van der Waals surface area contributed by atoms with Gasteiger partial charge in [-0.1, -0.05) is 18.9 Å². The van der Waals surface area contributed by atoms with Gasteiger partial charge in [0.1, 0.15) is 0 Å². The lowest BCUT2D eigenvalue weighted by Gasteiger charge is -2.18. The smallest absolute Gasteiger partial charge is 0.231 e. The van der Waals surface area contributed by atoms with E-state index in [1.165, 1.54) is 0 Å². The van der Waals surface area contributed by atoms with Gasteiger partial charge in [-0.2, -0.15) is 0 Å². The third kappa shape index (κ3) is 2.54. The highest BCUT2D eigenvalue weighted by atomic mass is 16.7. The Morgan fingerprint density at radius 3 is 2.88 bits per heavy atom. The molecule has 0 spiro atoms. The molecule has 1 N–H and O–H groups in total. The summed E-state index contributed by atoms with van der Waals surface area (Å²) in [6, 6.07) is 6.28. The first-order chi connectivity index (χ1) is 8.24. The number of terminal acetylenes is 1. The summed E-state index contributed by atoms with van der Waals surface area (Å²) in [6.07, 6.45) is 6.36. The fourth-order valence-corrected chi connectivity index (χ4v) is 1.86. The number of hydrogen-bond acceptors (Lipinski definition) is 3. The van der Waals surface area contributed by atoms with Crippen molar-refractivity contribution in [1.29, 1.82) is 0 Å². The van der Waals surface area contributed by atoms with Gasteiger partial charge in [0.05, 0.1) is 6.04 Å². The molecule has 0 bridgehead atoms. The van der Waals surface area contributed by atoms with Crippen LogP contribution in [-0.4, -0.2) is 12.8 Å². The van der Waals surface area contributed by atoms with Crippen molar-refractivity contribution in [3.63, 3.8) is 0 Å². The maximum absolute atomic E-state index is 5.44. The Morgan fingerprint density at radius 1 is 1.41 bits per heavy atom. The molecule has 2 unspecified atom stereocenters. The van der Waals surface area contributed by atoms with Crippen LogP contribution in [0.5, 0.6) is 11.5 Å². The average molecular weight is 231 g/mol. The van der Waals surface area contributed by atoms with Gasteiger partial charge in [-0.3, -0.25) is 5.32 Å². The highest BCUT2D eigenvalue weighted by molar-refractivity contribution is 5.45. The van der Waals surface area contributed by atoms with Crippen LogP contribution in [-0.2, 0) is 0 Å². The molecule has 1 aromatic rings. The molecule has 0 aliphatic carbocycles. The van der Waals surface area contributed by atoms with Crippen LogP contribution in [0, 0.1) is 12.3 Å². The van der Waals surface area contributed by atoms with E-state index in [0.717, 1.165) is 23.5 Å². The van der Waals surface area contributed by atoms with Gasteiger partial charge in [-0.25, -0.2) is 0 Å². The summed E-state index contributed by atoms with van der Waals surface area (Å²) in [4.78, 5) is 0. The van der Waals surface area contributed by atoms with E-state index in [2.05, 4.69) is 25.1 Å². The molecule has 0 saturated carbocycles. The van der Waals surface area contributed by atoms with Gasteiger partial charge in [-0.15, -0.1) is 6.42 Å². The summed E-state index contributed by atoms with van der Waals surface area (Å²) in [5.74, 6) is 4.36. The predicted molar refractivity (Wildman–Crippen MR) is 67.0 cm³/mol. The zero-order valence-corrected chi connectivity index (χ0v) is 10.2. The van der Waals surface area contributed by atoms with Gasteiger partial charge < -0.3 is 9.47 Å². The molecule has 0 saturated heterocycles. The van der Waals surface area contributed by atoms with Gasteiger partial charge in [0.25, 0.3) is 0 Å². The Labute approximate surface area is 102 Å². The second-order valence-electron chi connectivity index (χ2n) is 4.13. The summed E-state index contributed by atoms with van der Waals surface area (Å²) < 4.78 is 10.6. The predicted octanol–water partition coefficient (Wildman–Crippen LogP) is 2.48. The fourth-order valence-electron chi connectivity index (χ4n) is 1.86. The normalized spacial score (nSPS) is 16.3. The van der Waals surface area contributed by atoms with Gasteiger partial charge in [-0.05, 0) is 31.0 Å². The summed E-state index contributed by atoms with van der Waals surface area (Å²) in [5.41, 5.74) is 1.16. The summed E-state index contributed by atoms with van der Waals surface area (Å²) in [5, 5.41) is 3.39. The van der Waals surface area contributed by atoms with Crippen LogP contribution < -0.4 is 14.8 Å². The number of ether oxygens (including phenoxy) is 2. The minimum Gasteiger partial charge on any atom is -0.454 e. The Morgan fingerprint density at radius 2 is 2.18 bits per heavy atom. The van der Waals surface area contributed by atoms with Crippen LogP contribution in [0.2, 0.25) is 0 Å². The number of benzene rings is 1. The Balaban J connectivity index is 2.09. The molecule has 3 heteroatoms. The monoisotopic (exact) mass is 231 g/mol. The van der Waals surface area contributed by atoms with Crippen LogP contribution in [0.25, 0.3) is 0 Å². The van der Waals surface area contributed by atoms with E-state index < -0.39 is 0 Å². The molecule has 90 valence electrons. The topological polar surface area (TPSA) is 30.5 Å². The van der Waals surface area contributed by atoms with Crippen LogP contribution in [0.4, 0.5) is 0 Å². The third-order valence-corrected chi connectivity index (χ3v) is 2.96. The van der Waals surface area contributed by atoms with Crippen molar-refractivity contribution in [3.05, 3.63) is 23.8 Å². The molecule has 17 heavy (non-hydrogen) atoms. The molecule has 1 aromatic carbocycles. The van der Waals surface area contributed by atoms with Crippen molar-refractivity contribution in [2.24, 2.45) is 0 Å². The summed E-state index contributed by atoms with van der Waals surface area (Å²) >= 11 is 0. The quantitative estimate of drug-likeness (QED) is 0.807. The van der Waals surface area contributed by atoms with E-state index in [-0.39, 0.29) is 12.1 Å². The first-order valence-corrected chi connectivity index (χ1v) is 5.86. The minimum atomic E-state index is 0.107. The second-order valence-corrected chi connectivity index (χ2v) is 4.13. The molecule has 0 amide bonds. The maximum atomic E-state index is 5.44. The fraction of sp³-hybridized carbons (Fsp3) is 0.429. The average Bonchev–Trinajstić information content (AvgIpc) is 2.82. The highest BCUT2D eigenvalue weighted by Gasteiger charge is 2.16. The zero-order chi connectivity index (χ0) is 12.3. The van der Waals surface area contributed by atoms with E-state index in [1.54, 1.807) is 0 Å². The van der Waals surface area contributed by atoms with E-state index in [4.69, 9.17) is 15.9 Å². The van der Waals surface area contributed by atoms with Gasteiger partial charge >= 0.3 is 0 Å². The largest absolute Gasteiger partial charge is 0.454 e. The first-order valence-electron chi connectivity index (χ1n) is 5.86. The molecule has 0 aromatic heterocycles. The maximum Gasteiger partial charge on any atom is 0.231 e. The number of fused-ring (bicyclic) bond motifs is 1. The molecule has 2 atom stereocenters. The molecule has 1 aliphatic heterocycles. The van der Waals surface area contributed by atoms with Crippen molar-refractivity contribution < 1.29 is 9.47 Å². The molecule has 0 fully saturated rings. The van der Waals surface area contributed by atoms with Gasteiger partial charge in [0.15, 0.2) is 11.5 Å². The van der Waals surface area contributed by atoms with Crippen LogP contribution in [0.1, 0.15) is 31.9 Å². The molecule has 1 heterocycles. The molecule has 1 aliphatic rings. The van der Waals surface area contributed by atoms with Crippen molar-refractivity contribution in [3.8, 4) is 23.8 Å². The lowest BCUT2D eigenvalue weighted by molar-refractivity contribution is 0.174. The Hall–Kier alpha value is -1.66. The molecular formula is C14H17NO2. The van der Waals surface area contributed by atoms with Crippen molar-refractivity contribution in [2.75, 3.05) is 6.79 Å². The number of rotatable bonds is 4. The Kier molecular flexibility index (Phi) is 3.55. The van der Waals surface area contributed by atoms with Gasteiger partial charge in [0, 0.05) is 6.04 Å². The van der Waals surface area contributed by atoms with E-state index in [0.29, 0.717) is 6.79 Å². The molecule has 0 radical (unpaired) electrons. The third-order valence-electron chi connectivity index (χ3n) is 2.96. The lowest BCUT2D eigenvalue weighted by Crippen LogP contribution is -2.29. The SMILES string of the molecule is C#CC(CC)NC(C)c1ccc2c(c1)OCO2. The lowest BCUT2D eigenvalue weighted by atomic mass is 10.1. The second kappa shape index (κ2) is 5.11. The van der Waals surface area contributed by atoms with Crippen molar-refractivity contribution >= 4 is 0 Å². The number of hydrogen-bond donors (Lipinski definition) is 1. The van der Waals surface area contributed by atoms with Crippen molar-refractivity contribution in [2.45, 2.75) is 32.4 Å². The van der Waals surface area contributed by atoms with Gasteiger partial charge in [0.2, 0.25) is 6.79 Å². The number of nitrogens with one attached hydrogen (secondary N) is 1. The van der Waals surface area contributed by atoms with Crippen LogP contribution in [0.3, 0.4) is 0 Å². The van der Waals surface area contributed by atoms with E-state index >= 15 is 0 Å².